The highest BCUT2D eigenvalue weighted by atomic mass is 35.5. The van der Waals surface area contributed by atoms with Crippen molar-refractivity contribution in [1.82, 2.24) is 4.57 Å². The number of rotatable bonds is 5. The fraction of sp³-hybridized carbons (Fsp3) is 0.211. The Morgan fingerprint density at radius 3 is 2.81 bits per heavy atom. The molecule has 3 rings (SSSR count). The number of carbonyl (C=O) groups excluding carboxylic acids is 2. The number of ether oxygens (including phenoxy) is 1. The number of thioether (sulfide) groups is 1. The molecule has 27 heavy (non-hydrogen) atoms. The second kappa shape index (κ2) is 8.73. The average molecular weight is 421 g/mol. The first-order valence-corrected chi connectivity index (χ1v) is 10.6. The van der Waals surface area contributed by atoms with Crippen LogP contribution >= 0.6 is 34.7 Å². The predicted molar refractivity (Wildman–Crippen MR) is 110 cm³/mol. The van der Waals surface area contributed by atoms with Crippen LogP contribution < -0.4 is 4.80 Å². The van der Waals surface area contributed by atoms with Crippen LogP contribution in [0.3, 0.4) is 0 Å². The van der Waals surface area contributed by atoms with Crippen molar-refractivity contribution >= 4 is 56.8 Å². The summed E-state index contributed by atoms with van der Waals surface area (Å²) in [6.45, 7) is 2.02. The number of nitrogens with zero attached hydrogens (tertiary/aromatic N) is 2. The SMILES string of the molecule is CCOC(=O)Cn1c(=NC(=O)c2cccc(SC)c2)sc2cc(Cl)ccc21. The van der Waals surface area contributed by atoms with Crippen molar-refractivity contribution < 1.29 is 14.3 Å². The monoisotopic (exact) mass is 420 g/mol. The second-order valence-electron chi connectivity index (χ2n) is 5.54. The van der Waals surface area contributed by atoms with E-state index in [2.05, 4.69) is 4.99 Å². The average Bonchev–Trinajstić information content (AvgIpc) is 2.98. The zero-order valence-electron chi connectivity index (χ0n) is 14.8. The summed E-state index contributed by atoms with van der Waals surface area (Å²) in [5, 5.41) is 0.581. The maximum absolute atomic E-state index is 12.7. The van der Waals surface area contributed by atoms with Crippen molar-refractivity contribution in [2.75, 3.05) is 12.9 Å². The molecular formula is C19H17ClN2O3S2. The molecular weight excluding hydrogens is 404 g/mol. The van der Waals surface area contributed by atoms with Crippen molar-refractivity contribution in [2.45, 2.75) is 18.4 Å². The van der Waals surface area contributed by atoms with E-state index in [9.17, 15) is 9.59 Å². The number of hydrogen-bond acceptors (Lipinski definition) is 5. The molecule has 8 heteroatoms. The number of aromatic nitrogens is 1. The summed E-state index contributed by atoms with van der Waals surface area (Å²) in [6, 6.07) is 12.6. The maximum atomic E-state index is 12.7. The molecule has 140 valence electrons. The minimum atomic E-state index is -0.384. The minimum absolute atomic E-state index is 0.0214. The van der Waals surface area contributed by atoms with Gasteiger partial charge in [0.1, 0.15) is 6.54 Å². The summed E-state index contributed by atoms with van der Waals surface area (Å²) in [7, 11) is 0. The van der Waals surface area contributed by atoms with Gasteiger partial charge in [-0.1, -0.05) is 29.0 Å². The molecule has 2 aromatic carbocycles. The third-order valence-corrected chi connectivity index (χ3v) is 5.75. The summed E-state index contributed by atoms with van der Waals surface area (Å²) >= 11 is 8.94. The van der Waals surface area contributed by atoms with Gasteiger partial charge in [0.15, 0.2) is 4.80 Å². The van der Waals surface area contributed by atoms with Crippen LogP contribution in [-0.2, 0) is 16.1 Å². The number of hydrogen-bond donors (Lipinski definition) is 0. The molecule has 0 aliphatic rings. The van der Waals surface area contributed by atoms with Gasteiger partial charge in [-0.25, -0.2) is 0 Å². The van der Waals surface area contributed by atoms with Crippen molar-refractivity contribution in [3.8, 4) is 0 Å². The van der Waals surface area contributed by atoms with Crippen LogP contribution in [0.2, 0.25) is 5.02 Å². The molecule has 0 unspecified atom stereocenters. The first-order valence-electron chi connectivity index (χ1n) is 8.19. The first-order chi connectivity index (χ1) is 13.0. The summed E-state index contributed by atoms with van der Waals surface area (Å²) in [4.78, 5) is 30.4. The molecule has 0 spiro atoms. The number of fused-ring (bicyclic) bond motifs is 1. The molecule has 0 aliphatic carbocycles. The van der Waals surface area contributed by atoms with Crippen LogP contribution in [0.25, 0.3) is 10.2 Å². The van der Waals surface area contributed by atoms with Gasteiger partial charge in [0.2, 0.25) is 0 Å². The molecule has 0 saturated carbocycles. The van der Waals surface area contributed by atoms with Crippen molar-refractivity contribution in [3.05, 3.63) is 57.9 Å². The van der Waals surface area contributed by atoms with E-state index < -0.39 is 0 Å². The van der Waals surface area contributed by atoms with Crippen LogP contribution in [0.15, 0.2) is 52.4 Å². The minimum Gasteiger partial charge on any atom is -0.465 e. The van der Waals surface area contributed by atoms with Crippen LogP contribution in [0.4, 0.5) is 0 Å². The van der Waals surface area contributed by atoms with Gasteiger partial charge in [0.25, 0.3) is 5.91 Å². The van der Waals surface area contributed by atoms with Gasteiger partial charge in [-0.2, -0.15) is 4.99 Å². The molecule has 1 amide bonds. The van der Waals surface area contributed by atoms with E-state index in [1.807, 2.05) is 24.5 Å². The van der Waals surface area contributed by atoms with E-state index >= 15 is 0 Å². The van der Waals surface area contributed by atoms with Gasteiger partial charge in [-0.15, -0.1) is 11.8 Å². The standard InChI is InChI=1S/C19H17ClN2O3S2/c1-3-25-17(23)11-22-15-8-7-13(20)10-16(15)27-19(22)21-18(24)12-5-4-6-14(9-12)26-2/h4-10H,3,11H2,1-2H3. The zero-order valence-corrected chi connectivity index (χ0v) is 17.2. The number of carbonyl (C=O) groups is 2. The number of esters is 1. The van der Waals surface area contributed by atoms with Crippen molar-refractivity contribution in [3.63, 3.8) is 0 Å². The number of amides is 1. The highest BCUT2D eigenvalue weighted by Crippen LogP contribution is 2.22. The summed E-state index contributed by atoms with van der Waals surface area (Å²) < 4.78 is 7.58. The predicted octanol–water partition coefficient (Wildman–Crippen LogP) is 4.38. The van der Waals surface area contributed by atoms with Gasteiger partial charge >= 0.3 is 5.97 Å². The smallest absolute Gasteiger partial charge is 0.326 e. The Balaban J connectivity index is 2.09. The largest absolute Gasteiger partial charge is 0.465 e. The molecule has 5 nitrogen and oxygen atoms in total. The van der Waals surface area contributed by atoms with E-state index in [1.54, 1.807) is 47.5 Å². The maximum Gasteiger partial charge on any atom is 0.326 e. The Hall–Kier alpha value is -2.09. The highest BCUT2D eigenvalue weighted by molar-refractivity contribution is 7.98. The van der Waals surface area contributed by atoms with Crippen molar-refractivity contribution in [2.24, 2.45) is 4.99 Å². The lowest BCUT2D eigenvalue weighted by Crippen LogP contribution is -2.23. The fourth-order valence-electron chi connectivity index (χ4n) is 2.53. The normalized spacial score (nSPS) is 11.7. The Morgan fingerprint density at radius 2 is 2.07 bits per heavy atom. The lowest BCUT2D eigenvalue weighted by atomic mass is 10.2. The second-order valence-corrected chi connectivity index (χ2v) is 7.86. The van der Waals surface area contributed by atoms with Crippen LogP contribution in [0, 0.1) is 0 Å². The summed E-state index contributed by atoms with van der Waals surface area (Å²) in [5.41, 5.74) is 1.28. The molecule has 1 aromatic heterocycles. The van der Waals surface area contributed by atoms with E-state index in [0.717, 1.165) is 15.1 Å². The number of halogens is 1. The summed E-state index contributed by atoms with van der Waals surface area (Å²) in [5.74, 6) is -0.744. The molecule has 0 fully saturated rings. The van der Waals surface area contributed by atoms with Crippen LogP contribution in [0.1, 0.15) is 17.3 Å². The Morgan fingerprint density at radius 1 is 1.26 bits per heavy atom. The lowest BCUT2D eigenvalue weighted by Gasteiger charge is -2.05. The molecule has 0 N–H and O–H groups in total. The third kappa shape index (κ3) is 4.61. The highest BCUT2D eigenvalue weighted by Gasteiger charge is 2.13. The van der Waals surface area contributed by atoms with Gasteiger partial charge in [0, 0.05) is 15.5 Å². The van der Waals surface area contributed by atoms with Gasteiger partial charge < -0.3 is 9.30 Å². The fourth-order valence-corrected chi connectivity index (χ4v) is 4.29. The topological polar surface area (TPSA) is 60.7 Å². The Labute approximate surface area is 169 Å². The van der Waals surface area contributed by atoms with Gasteiger partial charge in [-0.3, -0.25) is 9.59 Å². The van der Waals surface area contributed by atoms with E-state index in [0.29, 0.717) is 22.0 Å². The molecule has 0 atom stereocenters. The number of thiazole rings is 1. The third-order valence-electron chi connectivity index (χ3n) is 3.75. The zero-order chi connectivity index (χ0) is 19.4. The van der Waals surface area contributed by atoms with E-state index in [1.165, 1.54) is 11.3 Å². The molecule has 0 aliphatic heterocycles. The van der Waals surface area contributed by atoms with Crippen molar-refractivity contribution in [1.29, 1.82) is 0 Å². The Kier molecular flexibility index (Phi) is 6.36. The molecule has 3 aromatic rings. The first kappa shape index (κ1) is 19.7. The molecule has 0 bridgehead atoms. The molecule has 0 saturated heterocycles. The molecule has 1 heterocycles. The lowest BCUT2D eigenvalue weighted by molar-refractivity contribution is -0.143. The van der Waals surface area contributed by atoms with Crippen LogP contribution in [0.5, 0.6) is 0 Å². The van der Waals surface area contributed by atoms with Gasteiger partial charge in [0.05, 0.1) is 16.8 Å². The molecule has 0 radical (unpaired) electrons. The van der Waals surface area contributed by atoms with E-state index in [-0.39, 0.29) is 18.4 Å². The number of benzene rings is 2. The van der Waals surface area contributed by atoms with Crippen LogP contribution in [-0.4, -0.2) is 29.3 Å². The quantitative estimate of drug-likeness (QED) is 0.454. The van der Waals surface area contributed by atoms with Gasteiger partial charge in [-0.05, 0) is 49.6 Å². The Bertz CT molecular complexity index is 1070. The summed E-state index contributed by atoms with van der Waals surface area (Å²) in [6.07, 6.45) is 1.95. The van der Waals surface area contributed by atoms with E-state index in [4.69, 9.17) is 16.3 Å².